The molecule has 6 heteroatoms. The van der Waals surface area contributed by atoms with Crippen molar-refractivity contribution in [2.45, 2.75) is 18.4 Å². The number of carbonyl (C=O) groups excluding carboxylic acids is 1. The monoisotopic (exact) mass is 389 g/mol. The Bertz CT molecular complexity index is 1150. The first-order valence-corrected chi connectivity index (χ1v) is 9.75. The Hall–Kier alpha value is -3.28. The highest BCUT2D eigenvalue weighted by Crippen LogP contribution is 2.51. The smallest absolute Gasteiger partial charge is 0.340 e. The molecule has 2 aromatic carbocycles. The Labute approximate surface area is 169 Å². The highest BCUT2D eigenvalue weighted by molar-refractivity contribution is 6.03. The number of benzene rings is 2. The second-order valence-corrected chi connectivity index (χ2v) is 7.68. The first kappa shape index (κ1) is 17.8. The SMILES string of the molecule is COC(=O)c1ccc([C@@H]2Nc3ccc(OC)cc3[C@@H]3C=CC[C@@H]32)c2ncn(C)c12. The molecule has 5 rings (SSSR count). The second kappa shape index (κ2) is 6.65. The van der Waals surface area contributed by atoms with Crippen molar-refractivity contribution < 1.29 is 14.3 Å². The van der Waals surface area contributed by atoms with Crippen LogP contribution in [0.3, 0.4) is 0 Å². The van der Waals surface area contributed by atoms with Gasteiger partial charge in [0, 0.05) is 24.2 Å². The van der Waals surface area contributed by atoms with E-state index in [0.29, 0.717) is 17.4 Å². The van der Waals surface area contributed by atoms with Gasteiger partial charge in [-0.25, -0.2) is 9.78 Å². The van der Waals surface area contributed by atoms with E-state index in [-0.39, 0.29) is 12.0 Å². The van der Waals surface area contributed by atoms with Crippen LogP contribution >= 0.6 is 0 Å². The average Bonchev–Trinajstić information content (AvgIpc) is 3.39. The third kappa shape index (κ3) is 2.63. The number of nitrogens with zero attached hydrogens (tertiary/aromatic N) is 2. The van der Waals surface area contributed by atoms with Gasteiger partial charge in [0.05, 0.1) is 43.2 Å². The highest BCUT2D eigenvalue weighted by Gasteiger charge is 2.39. The molecule has 0 saturated heterocycles. The highest BCUT2D eigenvalue weighted by atomic mass is 16.5. The van der Waals surface area contributed by atoms with Crippen molar-refractivity contribution in [1.29, 1.82) is 0 Å². The minimum Gasteiger partial charge on any atom is -0.497 e. The lowest BCUT2D eigenvalue weighted by Crippen LogP contribution is -2.29. The molecule has 0 amide bonds. The van der Waals surface area contributed by atoms with Gasteiger partial charge in [-0.3, -0.25) is 0 Å². The minimum atomic E-state index is -0.348. The van der Waals surface area contributed by atoms with E-state index in [9.17, 15) is 4.79 Å². The summed E-state index contributed by atoms with van der Waals surface area (Å²) < 4.78 is 12.3. The van der Waals surface area contributed by atoms with Crippen LogP contribution in [0.25, 0.3) is 11.0 Å². The van der Waals surface area contributed by atoms with Crippen LogP contribution in [0.4, 0.5) is 5.69 Å². The van der Waals surface area contributed by atoms with Gasteiger partial charge in [0.25, 0.3) is 0 Å². The summed E-state index contributed by atoms with van der Waals surface area (Å²) in [7, 11) is 5.01. The largest absolute Gasteiger partial charge is 0.497 e. The molecule has 29 heavy (non-hydrogen) atoms. The first-order chi connectivity index (χ1) is 14.1. The Morgan fingerprint density at radius 3 is 2.86 bits per heavy atom. The van der Waals surface area contributed by atoms with Gasteiger partial charge < -0.3 is 19.4 Å². The van der Waals surface area contributed by atoms with E-state index < -0.39 is 0 Å². The maximum atomic E-state index is 12.3. The van der Waals surface area contributed by atoms with Crippen LogP contribution in [0.2, 0.25) is 0 Å². The van der Waals surface area contributed by atoms with Crippen LogP contribution in [0.15, 0.2) is 48.8 Å². The lowest BCUT2D eigenvalue weighted by atomic mass is 9.76. The number of ether oxygens (including phenoxy) is 2. The zero-order valence-electron chi connectivity index (χ0n) is 16.7. The number of rotatable bonds is 3. The number of anilines is 1. The normalized spacial score (nSPS) is 22.1. The van der Waals surface area contributed by atoms with Crippen molar-refractivity contribution in [3.05, 3.63) is 65.5 Å². The summed E-state index contributed by atoms with van der Waals surface area (Å²) in [4.78, 5) is 16.9. The number of nitrogens with one attached hydrogen (secondary N) is 1. The maximum absolute atomic E-state index is 12.3. The molecule has 0 spiro atoms. The molecule has 0 saturated carbocycles. The van der Waals surface area contributed by atoms with Gasteiger partial charge in [-0.15, -0.1) is 0 Å². The third-order valence-electron chi connectivity index (χ3n) is 6.21. The molecule has 3 atom stereocenters. The quantitative estimate of drug-likeness (QED) is 0.537. The molecule has 0 radical (unpaired) electrons. The van der Waals surface area contributed by atoms with Crippen LogP contribution in [0.1, 0.15) is 39.9 Å². The van der Waals surface area contributed by atoms with E-state index in [1.807, 2.05) is 29.8 Å². The Morgan fingerprint density at radius 1 is 1.21 bits per heavy atom. The number of methoxy groups -OCH3 is 2. The van der Waals surface area contributed by atoms with E-state index in [1.165, 1.54) is 12.7 Å². The Morgan fingerprint density at radius 2 is 2.07 bits per heavy atom. The summed E-state index contributed by atoms with van der Waals surface area (Å²) >= 11 is 0. The summed E-state index contributed by atoms with van der Waals surface area (Å²) in [6.45, 7) is 0. The molecule has 2 aliphatic rings. The van der Waals surface area contributed by atoms with Crippen molar-refractivity contribution >= 4 is 22.7 Å². The van der Waals surface area contributed by atoms with Crippen LogP contribution in [0, 0.1) is 5.92 Å². The number of allylic oxidation sites excluding steroid dienone is 2. The minimum absolute atomic E-state index is 0.0972. The number of carbonyl (C=O) groups is 1. The first-order valence-electron chi connectivity index (χ1n) is 9.75. The van der Waals surface area contributed by atoms with E-state index in [1.54, 1.807) is 13.4 Å². The summed E-state index contributed by atoms with van der Waals surface area (Å²) in [6.07, 6.45) is 7.31. The maximum Gasteiger partial charge on any atom is 0.340 e. The predicted octanol–water partition coefficient (Wildman–Crippen LogP) is 4.20. The van der Waals surface area contributed by atoms with Crippen molar-refractivity contribution in [2.75, 3.05) is 19.5 Å². The standard InChI is InChI=1S/C23H23N3O3/c1-26-12-24-21-16(8-9-17(22(21)26)23(27)29-3)20-15-6-4-5-14(15)18-11-13(28-2)7-10-19(18)25-20/h4-5,7-12,14-15,20,25H,6H2,1-3H3/t14-,15+,20-/m1/s1. The summed E-state index contributed by atoms with van der Waals surface area (Å²) in [5.41, 5.74) is 5.67. The van der Waals surface area contributed by atoms with Crippen molar-refractivity contribution in [3.63, 3.8) is 0 Å². The summed E-state index contributed by atoms with van der Waals surface area (Å²) in [6, 6.07) is 10.2. The summed E-state index contributed by atoms with van der Waals surface area (Å²) in [5, 5.41) is 3.74. The van der Waals surface area contributed by atoms with Crippen molar-refractivity contribution in [2.24, 2.45) is 13.0 Å². The molecule has 0 fully saturated rings. The number of imidazole rings is 1. The summed E-state index contributed by atoms with van der Waals surface area (Å²) in [5.74, 6) is 1.23. The van der Waals surface area contributed by atoms with E-state index in [4.69, 9.17) is 9.47 Å². The van der Waals surface area contributed by atoms with Gasteiger partial charge in [0.15, 0.2) is 0 Å². The third-order valence-corrected chi connectivity index (χ3v) is 6.21. The number of esters is 1. The molecule has 1 N–H and O–H groups in total. The fraction of sp³-hybridized carbons (Fsp3) is 0.304. The Balaban J connectivity index is 1.65. The molecule has 1 aliphatic carbocycles. The number of aromatic nitrogens is 2. The fourth-order valence-electron chi connectivity index (χ4n) is 4.82. The average molecular weight is 389 g/mol. The van der Waals surface area contributed by atoms with Gasteiger partial charge >= 0.3 is 5.97 Å². The lowest BCUT2D eigenvalue weighted by Gasteiger charge is -2.37. The lowest BCUT2D eigenvalue weighted by molar-refractivity contribution is 0.0602. The molecule has 1 aromatic heterocycles. The molecule has 1 aliphatic heterocycles. The predicted molar refractivity (Wildman–Crippen MR) is 111 cm³/mol. The molecule has 0 unspecified atom stereocenters. The van der Waals surface area contributed by atoms with Gasteiger partial charge in [-0.1, -0.05) is 18.2 Å². The number of aryl methyl sites for hydroxylation is 1. The van der Waals surface area contributed by atoms with E-state index in [0.717, 1.165) is 34.5 Å². The van der Waals surface area contributed by atoms with Crippen LogP contribution in [-0.4, -0.2) is 29.7 Å². The van der Waals surface area contributed by atoms with Crippen LogP contribution < -0.4 is 10.1 Å². The molecule has 6 nitrogen and oxygen atoms in total. The molecular formula is C23H23N3O3. The van der Waals surface area contributed by atoms with Crippen molar-refractivity contribution in [3.8, 4) is 5.75 Å². The van der Waals surface area contributed by atoms with Gasteiger partial charge in [0.1, 0.15) is 5.75 Å². The molecular weight excluding hydrogens is 366 g/mol. The van der Waals surface area contributed by atoms with Crippen molar-refractivity contribution in [1.82, 2.24) is 9.55 Å². The molecule has 3 aromatic rings. The molecule has 0 bridgehead atoms. The van der Waals surface area contributed by atoms with E-state index >= 15 is 0 Å². The number of hydrogen-bond acceptors (Lipinski definition) is 5. The van der Waals surface area contributed by atoms with Crippen LogP contribution in [0.5, 0.6) is 5.75 Å². The molecule has 148 valence electrons. The zero-order chi connectivity index (χ0) is 20.1. The van der Waals surface area contributed by atoms with E-state index in [2.05, 4.69) is 34.6 Å². The van der Waals surface area contributed by atoms with Gasteiger partial charge in [0.2, 0.25) is 0 Å². The number of fused-ring (bicyclic) bond motifs is 4. The molecule has 2 heterocycles. The van der Waals surface area contributed by atoms with Crippen LogP contribution in [-0.2, 0) is 11.8 Å². The fourth-order valence-corrected chi connectivity index (χ4v) is 4.82. The van der Waals surface area contributed by atoms with Gasteiger partial charge in [-0.05, 0) is 42.2 Å². The van der Waals surface area contributed by atoms with Gasteiger partial charge in [-0.2, -0.15) is 0 Å². The zero-order valence-corrected chi connectivity index (χ0v) is 16.7. The Kier molecular flexibility index (Phi) is 4.08. The second-order valence-electron chi connectivity index (χ2n) is 7.68. The number of hydrogen-bond donors (Lipinski definition) is 1. The topological polar surface area (TPSA) is 65.4 Å².